The van der Waals surface area contributed by atoms with Crippen LogP contribution in [0, 0.1) is 0 Å². The van der Waals surface area contributed by atoms with Crippen LogP contribution in [0.3, 0.4) is 0 Å². The molecule has 0 aromatic heterocycles. The predicted octanol–water partition coefficient (Wildman–Crippen LogP) is 2.51. The van der Waals surface area contributed by atoms with E-state index in [0.717, 1.165) is 0 Å². The van der Waals surface area contributed by atoms with Gasteiger partial charge in [-0.25, -0.2) is 4.79 Å². The van der Waals surface area contributed by atoms with Gasteiger partial charge in [-0.1, -0.05) is 25.1 Å². The van der Waals surface area contributed by atoms with Gasteiger partial charge in [-0.15, -0.1) is 0 Å². The lowest BCUT2D eigenvalue weighted by molar-refractivity contribution is -0.138. The van der Waals surface area contributed by atoms with Gasteiger partial charge in [0, 0.05) is 11.8 Å². The number of hydrogen-bond acceptors (Lipinski definition) is 2. The summed E-state index contributed by atoms with van der Waals surface area (Å²) in [4.78, 5) is 10.8. The second-order valence-corrected chi connectivity index (χ2v) is 3.27. The number of carboxylic acids is 1. The van der Waals surface area contributed by atoms with Gasteiger partial charge >= 0.3 is 5.97 Å². The first kappa shape index (κ1) is 10.9. The summed E-state index contributed by atoms with van der Waals surface area (Å²) in [5, 5.41) is 8.88. The molecule has 0 aliphatic heterocycles. The zero-order valence-corrected chi connectivity index (χ0v) is 8.61. The lowest BCUT2D eigenvalue weighted by Crippen LogP contribution is -2.34. The first-order chi connectivity index (χ1) is 6.66. The summed E-state index contributed by atoms with van der Waals surface area (Å²) in [6, 6.07) is 8.37. The van der Waals surface area contributed by atoms with Crippen LogP contribution in [0.1, 0.15) is 13.3 Å². The minimum absolute atomic E-state index is 0.466. The molecule has 1 aromatic carbocycles. The number of aliphatic carboxylic acids is 1. The average molecular weight is 214 g/mol. The molecule has 0 saturated heterocycles. The Balaban J connectivity index is 2.83. The Morgan fingerprint density at radius 1 is 1.50 bits per heavy atom. The molecule has 1 N–H and O–H groups in total. The van der Waals surface area contributed by atoms with Gasteiger partial charge in [0.25, 0.3) is 0 Å². The third kappa shape index (κ3) is 2.39. The molecule has 1 aromatic rings. The average Bonchev–Trinajstić information content (AvgIpc) is 2.19. The second-order valence-electron chi connectivity index (χ2n) is 2.91. The standard InChI is InChI=1S/C10H12ClNO2/c1-2-9(10(13)14)12(11)8-6-4-3-5-7-8/h3-7,9H,2H2,1H3,(H,13,14). The fourth-order valence-electron chi connectivity index (χ4n) is 1.18. The molecule has 1 rings (SSSR count). The van der Waals surface area contributed by atoms with Crippen molar-refractivity contribution in [3.8, 4) is 0 Å². The molecule has 0 fully saturated rings. The Bertz CT molecular complexity index is 302. The first-order valence-corrected chi connectivity index (χ1v) is 4.73. The lowest BCUT2D eigenvalue weighted by Gasteiger charge is -2.22. The number of benzene rings is 1. The van der Waals surface area contributed by atoms with Crippen LogP contribution in [0.25, 0.3) is 0 Å². The van der Waals surface area contributed by atoms with Gasteiger partial charge in [-0.2, -0.15) is 0 Å². The van der Waals surface area contributed by atoms with Crippen LogP contribution in [0.15, 0.2) is 30.3 Å². The fraction of sp³-hybridized carbons (Fsp3) is 0.300. The molecule has 0 bridgehead atoms. The molecule has 0 spiro atoms. The number of carboxylic acid groups (broad SMARTS) is 1. The largest absolute Gasteiger partial charge is 0.480 e. The van der Waals surface area contributed by atoms with Gasteiger partial charge < -0.3 is 5.11 Å². The molecular weight excluding hydrogens is 202 g/mol. The normalized spacial score (nSPS) is 12.1. The van der Waals surface area contributed by atoms with Crippen LogP contribution >= 0.6 is 11.8 Å². The van der Waals surface area contributed by atoms with E-state index in [-0.39, 0.29) is 0 Å². The van der Waals surface area contributed by atoms with Crippen LogP contribution in [0.5, 0.6) is 0 Å². The Morgan fingerprint density at radius 2 is 2.07 bits per heavy atom. The summed E-state index contributed by atoms with van der Waals surface area (Å²) in [6.45, 7) is 1.79. The maximum absolute atomic E-state index is 10.8. The molecule has 1 unspecified atom stereocenters. The highest BCUT2D eigenvalue weighted by atomic mass is 35.5. The van der Waals surface area contributed by atoms with Crippen molar-refractivity contribution in [2.24, 2.45) is 0 Å². The maximum Gasteiger partial charge on any atom is 0.327 e. The minimum Gasteiger partial charge on any atom is -0.480 e. The van der Waals surface area contributed by atoms with Crippen LogP contribution in [-0.2, 0) is 4.79 Å². The second kappa shape index (κ2) is 4.86. The molecular formula is C10H12ClNO2. The van der Waals surface area contributed by atoms with Gasteiger partial charge in [0.15, 0.2) is 0 Å². The number of anilines is 1. The fourth-order valence-corrected chi connectivity index (χ4v) is 1.52. The SMILES string of the molecule is CCC(C(=O)O)N(Cl)c1ccccc1. The van der Waals surface area contributed by atoms with E-state index in [0.29, 0.717) is 12.1 Å². The third-order valence-electron chi connectivity index (χ3n) is 1.95. The summed E-state index contributed by atoms with van der Waals surface area (Å²) >= 11 is 5.92. The summed E-state index contributed by atoms with van der Waals surface area (Å²) in [5.74, 6) is -0.911. The van der Waals surface area contributed by atoms with E-state index in [1.165, 1.54) is 4.42 Å². The molecule has 76 valence electrons. The first-order valence-electron chi connectivity index (χ1n) is 4.39. The summed E-state index contributed by atoms with van der Waals surface area (Å²) < 4.78 is 1.25. The van der Waals surface area contributed by atoms with Crippen LogP contribution in [0.2, 0.25) is 0 Å². The van der Waals surface area contributed by atoms with Crippen molar-refractivity contribution in [1.82, 2.24) is 0 Å². The van der Waals surface area contributed by atoms with E-state index in [1.807, 2.05) is 18.2 Å². The van der Waals surface area contributed by atoms with Crippen molar-refractivity contribution in [2.75, 3.05) is 4.42 Å². The van der Waals surface area contributed by atoms with Crippen molar-refractivity contribution >= 4 is 23.4 Å². The number of rotatable bonds is 4. The molecule has 1 atom stereocenters. The topological polar surface area (TPSA) is 40.5 Å². The number of nitrogens with zero attached hydrogens (tertiary/aromatic N) is 1. The van der Waals surface area contributed by atoms with Gasteiger partial charge in [-0.3, -0.25) is 4.42 Å². The van der Waals surface area contributed by atoms with Crippen LogP contribution < -0.4 is 4.42 Å². The number of hydrogen-bond donors (Lipinski definition) is 1. The zero-order valence-electron chi connectivity index (χ0n) is 7.85. The highest BCUT2D eigenvalue weighted by molar-refractivity contribution is 6.27. The van der Waals surface area contributed by atoms with Crippen molar-refractivity contribution in [3.63, 3.8) is 0 Å². The van der Waals surface area contributed by atoms with Gasteiger partial charge in [0.1, 0.15) is 6.04 Å². The number of halogens is 1. The highest BCUT2D eigenvalue weighted by Gasteiger charge is 2.22. The van der Waals surface area contributed by atoms with Gasteiger partial charge in [-0.05, 0) is 18.6 Å². The third-order valence-corrected chi connectivity index (χ3v) is 2.38. The number of carbonyl (C=O) groups is 1. The van der Waals surface area contributed by atoms with E-state index in [1.54, 1.807) is 19.1 Å². The molecule has 3 nitrogen and oxygen atoms in total. The van der Waals surface area contributed by atoms with Crippen molar-refractivity contribution in [2.45, 2.75) is 19.4 Å². The van der Waals surface area contributed by atoms with E-state index >= 15 is 0 Å². The Kier molecular flexibility index (Phi) is 3.77. The monoisotopic (exact) mass is 213 g/mol. The van der Waals surface area contributed by atoms with Crippen molar-refractivity contribution in [1.29, 1.82) is 0 Å². The van der Waals surface area contributed by atoms with Gasteiger partial charge in [0.2, 0.25) is 0 Å². The Morgan fingerprint density at radius 3 is 2.50 bits per heavy atom. The molecule has 4 heteroatoms. The Labute approximate surface area is 88.0 Å². The Hall–Kier alpha value is -1.22. The summed E-state index contributed by atoms with van der Waals surface area (Å²) in [6.07, 6.45) is 0.466. The highest BCUT2D eigenvalue weighted by Crippen LogP contribution is 2.20. The lowest BCUT2D eigenvalue weighted by atomic mass is 10.2. The summed E-state index contributed by atoms with van der Waals surface area (Å²) in [5.41, 5.74) is 0.698. The molecule has 0 aliphatic carbocycles. The minimum atomic E-state index is -0.911. The molecule has 0 heterocycles. The molecule has 0 radical (unpaired) electrons. The van der Waals surface area contributed by atoms with Crippen molar-refractivity contribution < 1.29 is 9.90 Å². The molecule has 0 saturated carbocycles. The zero-order chi connectivity index (χ0) is 10.6. The molecule has 0 aliphatic rings. The molecule has 14 heavy (non-hydrogen) atoms. The number of para-hydroxylation sites is 1. The van der Waals surface area contributed by atoms with E-state index < -0.39 is 12.0 Å². The van der Waals surface area contributed by atoms with Crippen molar-refractivity contribution in [3.05, 3.63) is 30.3 Å². The van der Waals surface area contributed by atoms with E-state index in [4.69, 9.17) is 16.9 Å². The maximum atomic E-state index is 10.8. The smallest absolute Gasteiger partial charge is 0.327 e. The molecule has 0 amide bonds. The van der Waals surface area contributed by atoms with Crippen LogP contribution in [0.4, 0.5) is 5.69 Å². The van der Waals surface area contributed by atoms with E-state index in [2.05, 4.69) is 0 Å². The van der Waals surface area contributed by atoms with Gasteiger partial charge in [0.05, 0.1) is 5.69 Å². The summed E-state index contributed by atoms with van der Waals surface area (Å²) in [7, 11) is 0. The predicted molar refractivity (Wildman–Crippen MR) is 56.5 cm³/mol. The quantitative estimate of drug-likeness (QED) is 0.782. The van der Waals surface area contributed by atoms with E-state index in [9.17, 15) is 4.79 Å². The van der Waals surface area contributed by atoms with Crippen LogP contribution in [-0.4, -0.2) is 17.1 Å².